The fraction of sp³-hybridized carbons (Fsp3) is 0.360. The average molecular weight is 450 g/mol. The quantitative estimate of drug-likeness (QED) is 0.276. The molecular weight excluding hydrogens is 418 g/mol. The van der Waals surface area contributed by atoms with E-state index < -0.39 is 0 Å². The van der Waals surface area contributed by atoms with E-state index in [1.807, 2.05) is 44.2 Å². The lowest BCUT2D eigenvalue weighted by atomic mass is 10.1. The molecule has 1 saturated carbocycles. The molecule has 0 bridgehead atoms. The molecule has 0 saturated heterocycles. The van der Waals surface area contributed by atoms with Crippen molar-refractivity contribution in [2.24, 2.45) is 15.9 Å². The van der Waals surface area contributed by atoms with Crippen molar-refractivity contribution >= 4 is 28.9 Å². The van der Waals surface area contributed by atoms with Crippen molar-refractivity contribution < 1.29 is 14.3 Å². The number of nitrogens with zero attached hydrogens (tertiary/aromatic N) is 2. The number of hydrogen-bond donors (Lipinski definition) is 3. The Balaban J connectivity index is 1.94. The van der Waals surface area contributed by atoms with Gasteiger partial charge in [0, 0.05) is 18.2 Å². The van der Waals surface area contributed by atoms with Crippen molar-refractivity contribution in [2.45, 2.75) is 52.2 Å². The first kappa shape index (κ1) is 24.0. The minimum atomic E-state index is -0.321. The van der Waals surface area contributed by atoms with Gasteiger partial charge in [0.1, 0.15) is 18.0 Å². The standard InChI is InChI=1S/C25H31N5O3/c1-3-8-21(23(30-26)25(32)28-19-12-13-19)29-20-14-11-18(24(31)27-4-2)15-22(20)33-16-17-9-6-5-7-10-17/h5-7,9-11,14-15,19H,3-4,8,12-13,16,26H2,1-2H3,(H,27,31)(H,28,32). The second-order valence-electron chi connectivity index (χ2n) is 7.85. The summed E-state index contributed by atoms with van der Waals surface area (Å²) in [6, 6.07) is 15.0. The average Bonchev–Trinajstić information content (AvgIpc) is 3.63. The van der Waals surface area contributed by atoms with Crippen molar-refractivity contribution in [3.63, 3.8) is 0 Å². The molecule has 1 fully saturated rings. The first-order chi connectivity index (χ1) is 16.0. The summed E-state index contributed by atoms with van der Waals surface area (Å²) in [6.45, 7) is 4.69. The summed E-state index contributed by atoms with van der Waals surface area (Å²) in [5, 5.41) is 9.45. The number of nitrogens with one attached hydrogen (secondary N) is 2. The molecule has 1 aliphatic rings. The molecule has 0 atom stereocenters. The summed E-state index contributed by atoms with van der Waals surface area (Å²) in [5.74, 6) is 5.51. The first-order valence-electron chi connectivity index (χ1n) is 11.3. The predicted molar refractivity (Wildman–Crippen MR) is 130 cm³/mol. The third-order valence-electron chi connectivity index (χ3n) is 5.07. The van der Waals surface area contributed by atoms with Crippen LogP contribution in [0.1, 0.15) is 55.5 Å². The Kier molecular flexibility index (Phi) is 8.57. The summed E-state index contributed by atoms with van der Waals surface area (Å²) in [7, 11) is 0. The molecule has 174 valence electrons. The minimum absolute atomic E-state index is 0.116. The third kappa shape index (κ3) is 6.90. The maximum absolute atomic E-state index is 12.7. The number of aliphatic imine (C=N–C) groups is 1. The third-order valence-corrected chi connectivity index (χ3v) is 5.07. The number of rotatable bonds is 11. The Morgan fingerprint density at radius 1 is 1.12 bits per heavy atom. The lowest BCUT2D eigenvalue weighted by molar-refractivity contribution is -0.114. The second-order valence-corrected chi connectivity index (χ2v) is 7.85. The van der Waals surface area contributed by atoms with Gasteiger partial charge in [-0.3, -0.25) is 9.59 Å². The van der Waals surface area contributed by atoms with Gasteiger partial charge in [0.05, 0.1) is 5.71 Å². The van der Waals surface area contributed by atoms with Crippen LogP contribution in [0.5, 0.6) is 5.75 Å². The highest BCUT2D eigenvalue weighted by molar-refractivity contribution is 6.67. The van der Waals surface area contributed by atoms with Gasteiger partial charge in [0.25, 0.3) is 11.8 Å². The van der Waals surface area contributed by atoms with Crippen LogP contribution in [0.25, 0.3) is 0 Å². The van der Waals surface area contributed by atoms with Crippen LogP contribution in [-0.4, -0.2) is 35.8 Å². The maximum atomic E-state index is 12.7. The van der Waals surface area contributed by atoms with E-state index >= 15 is 0 Å². The lowest BCUT2D eigenvalue weighted by Gasteiger charge is -2.13. The Hall–Kier alpha value is -3.68. The van der Waals surface area contributed by atoms with Gasteiger partial charge in [0.15, 0.2) is 5.71 Å². The maximum Gasteiger partial charge on any atom is 0.273 e. The van der Waals surface area contributed by atoms with Crippen molar-refractivity contribution in [3.8, 4) is 5.75 Å². The van der Waals surface area contributed by atoms with Gasteiger partial charge < -0.3 is 21.2 Å². The van der Waals surface area contributed by atoms with Gasteiger partial charge in [-0.15, -0.1) is 0 Å². The van der Waals surface area contributed by atoms with Crippen molar-refractivity contribution in [2.75, 3.05) is 6.54 Å². The normalized spacial score (nSPS) is 14.0. The van der Waals surface area contributed by atoms with Crippen LogP contribution in [0.4, 0.5) is 5.69 Å². The zero-order chi connectivity index (χ0) is 23.6. The van der Waals surface area contributed by atoms with E-state index in [1.54, 1.807) is 18.2 Å². The molecule has 2 amide bonds. The fourth-order valence-electron chi connectivity index (χ4n) is 3.22. The van der Waals surface area contributed by atoms with Crippen LogP contribution in [0, 0.1) is 0 Å². The Bertz CT molecular complexity index is 1030. The summed E-state index contributed by atoms with van der Waals surface area (Å²) in [4.78, 5) is 29.7. The Labute approximate surface area is 194 Å². The number of ether oxygens (including phenoxy) is 1. The second kappa shape index (κ2) is 11.8. The van der Waals surface area contributed by atoms with E-state index in [4.69, 9.17) is 15.6 Å². The van der Waals surface area contributed by atoms with Crippen LogP contribution >= 0.6 is 0 Å². The van der Waals surface area contributed by atoms with E-state index in [0.717, 1.165) is 24.8 Å². The molecule has 2 aromatic carbocycles. The predicted octanol–water partition coefficient (Wildman–Crippen LogP) is 3.48. The minimum Gasteiger partial charge on any atom is -0.487 e. The molecule has 2 aromatic rings. The van der Waals surface area contributed by atoms with Gasteiger partial charge in [-0.2, -0.15) is 5.10 Å². The van der Waals surface area contributed by atoms with Crippen LogP contribution < -0.4 is 21.2 Å². The highest BCUT2D eigenvalue weighted by atomic mass is 16.5. The molecule has 8 heteroatoms. The number of amides is 2. The monoisotopic (exact) mass is 449 g/mol. The smallest absolute Gasteiger partial charge is 0.273 e. The topological polar surface area (TPSA) is 118 Å². The number of carbonyl (C=O) groups is 2. The van der Waals surface area contributed by atoms with Crippen LogP contribution in [0.3, 0.4) is 0 Å². The molecule has 8 nitrogen and oxygen atoms in total. The number of benzene rings is 2. The van der Waals surface area contributed by atoms with E-state index in [-0.39, 0.29) is 23.6 Å². The SMILES string of the molecule is CCCC(=Nc1ccc(C(=O)NCC)cc1OCc1ccccc1)C(=NN)C(=O)NC1CC1. The molecule has 0 radical (unpaired) electrons. The number of nitrogens with two attached hydrogens (primary N) is 1. The lowest BCUT2D eigenvalue weighted by Crippen LogP contribution is -2.37. The van der Waals surface area contributed by atoms with Gasteiger partial charge >= 0.3 is 0 Å². The zero-order valence-corrected chi connectivity index (χ0v) is 19.1. The molecule has 0 heterocycles. The van der Waals surface area contributed by atoms with E-state index in [0.29, 0.717) is 42.3 Å². The zero-order valence-electron chi connectivity index (χ0n) is 19.1. The summed E-state index contributed by atoms with van der Waals surface area (Å²) >= 11 is 0. The van der Waals surface area contributed by atoms with E-state index in [9.17, 15) is 9.59 Å². The van der Waals surface area contributed by atoms with Gasteiger partial charge in [0.2, 0.25) is 0 Å². The largest absolute Gasteiger partial charge is 0.487 e. The van der Waals surface area contributed by atoms with Crippen molar-refractivity contribution in [1.82, 2.24) is 10.6 Å². The van der Waals surface area contributed by atoms with Crippen LogP contribution in [0.15, 0.2) is 58.6 Å². The van der Waals surface area contributed by atoms with Gasteiger partial charge in [-0.25, -0.2) is 4.99 Å². The van der Waals surface area contributed by atoms with Crippen LogP contribution in [0.2, 0.25) is 0 Å². The summed E-state index contributed by atoms with van der Waals surface area (Å²) < 4.78 is 6.06. The molecule has 4 N–H and O–H groups in total. The van der Waals surface area contributed by atoms with E-state index in [2.05, 4.69) is 15.7 Å². The van der Waals surface area contributed by atoms with Gasteiger partial charge in [-0.05, 0) is 49.9 Å². The molecule has 0 aliphatic heterocycles. The number of hydrazone groups is 1. The first-order valence-corrected chi connectivity index (χ1v) is 11.3. The highest BCUT2D eigenvalue weighted by Crippen LogP contribution is 2.30. The Morgan fingerprint density at radius 2 is 1.88 bits per heavy atom. The summed E-state index contributed by atoms with van der Waals surface area (Å²) in [5.41, 5.74) is 2.55. The van der Waals surface area contributed by atoms with Crippen molar-refractivity contribution in [1.29, 1.82) is 0 Å². The molecule has 0 aromatic heterocycles. The summed E-state index contributed by atoms with van der Waals surface area (Å²) in [6.07, 6.45) is 3.20. The van der Waals surface area contributed by atoms with Crippen LogP contribution in [-0.2, 0) is 11.4 Å². The Morgan fingerprint density at radius 3 is 2.52 bits per heavy atom. The molecule has 0 spiro atoms. The highest BCUT2D eigenvalue weighted by Gasteiger charge is 2.27. The number of carbonyl (C=O) groups excluding carboxylic acids is 2. The number of hydrogen-bond acceptors (Lipinski definition) is 6. The molecule has 1 aliphatic carbocycles. The molecule has 33 heavy (non-hydrogen) atoms. The molecule has 3 rings (SSSR count). The molecular formula is C25H31N5O3. The fourth-order valence-corrected chi connectivity index (χ4v) is 3.22. The van der Waals surface area contributed by atoms with Crippen molar-refractivity contribution in [3.05, 3.63) is 59.7 Å². The van der Waals surface area contributed by atoms with E-state index in [1.165, 1.54) is 0 Å². The molecule has 0 unspecified atom stereocenters. The van der Waals surface area contributed by atoms with Gasteiger partial charge in [-0.1, -0.05) is 43.7 Å².